The Morgan fingerprint density at radius 3 is 2.11 bits per heavy atom. The van der Waals surface area contributed by atoms with Crippen molar-refractivity contribution in [3.8, 4) is 5.75 Å². The summed E-state index contributed by atoms with van der Waals surface area (Å²) in [5.74, 6) is 0.991. The van der Waals surface area contributed by atoms with Crippen LogP contribution in [0.5, 0.6) is 5.75 Å². The highest BCUT2D eigenvalue weighted by molar-refractivity contribution is 5.44. The molecular weight excluding hydrogens is 224 g/mol. The van der Waals surface area contributed by atoms with Crippen LogP contribution in [-0.2, 0) is 0 Å². The summed E-state index contributed by atoms with van der Waals surface area (Å²) >= 11 is 0. The van der Waals surface area contributed by atoms with Gasteiger partial charge in [-0.1, -0.05) is 26.0 Å². The molecule has 0 amide bonds. The van der Waals surface area contributed by atoms with Gasteiger partial charge in [-0.2, -0.15) is 0 Å². The van der Waals surface area contributed by atoms with Crippen molar-refractivity contribution in [1.82, 2.24) is 10.6 Å². The Kier molecular flexibility index (Phi) is 5.63. The van der Waals surface area contributed by atoms with Crippen LogP contribution in [0.25, 0.3) is 0 Å². The molecule has 0 fully saturated rings. The Hall–Kier alpha value is -1.06. The van der Waals surface area contributed by atoms with Crippen molar-refractivity contribution in [2.24, 2.45) is 0 Å². The van der Waals surface area contributed by atoms with Crippen molar-refractivity contribution in [3.63, 3.8) is 0 Å². The van der Waals surface area contributed by atoms with E-state index in [0.717, 1.165) is 12.3 Å². The second-order valence-electron chi connectivity index (χ2n) is 5.09. The Morgan fingerprint density at radius 2 is 1.72 bits per heavy atom. The molecule has 3 nitrogen and oxygen atoms in total. The van der Waals surface area contributed by atoms with Crippen LogP contribution in [0.1, 0.15) is 36.6 Å². The molecule has 0 spiro atoms. The number of likely N-dealkylation sites (N-methyl/N-ethyl adjacent to an activating group) is 1. The highest BCUT2D eigenvalue weighted by atomic mass is 16.5. The maximum absolute atomic E-state index is 5.41. The molecule has 3 heteroatoms. The number of ether oxygens (including phenoxy) is 1. The van der Waals surface area contributed by atoms with Gasteiger partial charge < -0.3 is 15.4 Å². The fraction of sp³-hybridized carbons (Fsp3) is 0.600. The fourth-order valence-corrected chi connectivity index (χ4v) is 2.25. The minimum absolute atomic E-state index is 0.329. The third-order valence-electron chi connectivity index (χ3n) is 3.17. The van der Waals surface area contributed by atoms with Crippen LogP contribution < -0.4 is 15.4 Å². The van der Waals surface area contributed by atoms with E-state index < -0.39 is 0 Å². The van der Waals surface area contributed by atoms with Gasteiger partial charge in [-0.15, -0.1) is 0 Å². The summed E-state index contributed by atoms with van der Waals surface area (Å²) in [7, 11) is 3.73. The second-order valence-corrected chi connectivity index (χ2v) is 5.09. The molecule has 1 aromatic rings. The van der Waals surface area contributed by atoms with Gasteiger partial charge >= 0.3 is 0 Å². The van der Waals surface area contributed by atoms with Crippen LogP contribution in [0.15, 0.2) is 12.1 Å². The van der Waals surface area contributed by atoms with Gasteiger partial charge in [0.05, 0.1) is 7.11 Å². The van der Waals surface area contributed by atoms with Gasteiger partial charge in [0.2, 0.25) is 0 Å². The summed E-state index contributed by atoms with van der Waals surface area (Å²) in [6.45, 7) is 9.45. The maximum atomic E-state index is 5.41. The molecule has 1 aromatic carbocycles. The summed E-state index contributed by atoms with van der Waals surface area (Å²) in [5, 5.41) is 6.83. The molecule has 0 aliphatic rings. The largest absolute Gasteiger partial charge is 0.496 e. The molecule has 0 radical (unpaired) electrons. The van der Waals surface area contributed by atoms with Crippen LogP contribution in [0.2, 0.25) is 0 Å². The summed E-state index contributed by atoms with van der Waals surface area (Å²) in [6, 6.07) is 5.24. The first kappa shape index (κ1) is 15.0. The van der Waals surface area contributed by atoms with Gasteiger partial charge in [0.15, 0.2) is 0 Å². The van der Waals surface area contributed by atoms with E-state index in [4.69, 9.17) is 4.74 Å². The first-order chi connectivity index (χ1) is 8.49. The lowest BCUT2D eigenvalue weighted by atomic mass is 10.00. The molecule has 1 atom stereocenters. The number of hydrogen-bond donors (Lipinski definition) is 2. The van der Waals surface area contributed by atoms with Crippen LogP contribution in [0.3, 0.4) is 0 Å². The molecule has 2 N–H and O–H groups in total. The number of aryl methyl sites for hydroxylation is 2. The molecular formula is C15H26N2O. The van der Waals surface area contributed by atoms with Crippen molar-refractivity contribution < 1.29 is 4.74 Å². The lowest BCUT2D eigenvalue weighted by molar-refractivity contribution is 0.407. The number of rotatable bonds is 6. The van der Waals surface area contributed by atoms with E-state index in [1.54, 1.807) is 7.11 Å². The zero-order valence-electron chi connectivity index (χ0n) is 12.4. The predicted molar refractivity (Wildman–Crippen MR) is 77.4 cm³/mol. The highest BCUT2D eigenvalue weighted by Gasteiger charge is 2.13. The van der Waals surface area contributed by atoms with E-state index in [1.807, 2.05) is 7.05 Å². The van der Waals surface area contributed by atoms with Crippen LogP contribution in [0, 0.1) is 13.8 Å². The van der Waals surface area contributed by atoms with Crippen LogP contribution in [0.4, 0.5) is 0 Å². The normalized spacial score (nSPS) is 12.8. The number of hydrogen-bond acceptors (Lipinski definition) is 3. The summed E-state index contributed by atoms with van der Waals surface area (Å²) in [6.07, 6.45) is 0. The molecule has 0 saturated carbocycles. The lowest BCUT2D eigenvalue weighted by Crippen LogP contribution is -2.33. The third-order valence-corrected chi connectivity index (χ3v) is 3.17. The standard InChI is InChI=1S/C15H26N2O/c1-10(2)17-9-14(16-5)13-7-11(3)15(18-6)12(4)8-13/h7-8,10,14,16-17H,9H2,1-6H3. The Bertz CT molecular complexity index is 365. The molecule has 0 aromatic heterocycles. The molecule has 0 aliphatic carbocycles. The van der Waals surface area contributed by atoms with E-state index in [1.165, 1.54) is 16.7 Å². The average molecular weight is 250 g/mol. The predicted octanol–water partition coefficient (Wildman–Crippen LogP) is 2.57. The van der Waals surface area contributed by atoms with Gasteiger partial charge in [0.1, 0.15) is 5.75 Å². The molecule has 0 bridgehead atoms. The Balaban J connectivity index is 2.93. The molecule has 0 saturated heterocycles. The van der Waals surface area contributed by atoms with E-state index in [0.29, 0.717) is 12.1 Å². The number of methoxy groups -OCH3 is 1. The smallest absolute Gasteiger partial charge is 0.124 e. The quantitative estimate of drug-likeness (QED) is 0.814. The number of nitrogens with one attached hydrogen (secondary N) is 2. The Labute approximate surface area is 111 Å². The molecule has 102 valence electrons. The van der Waals surface area contributed by atoms with E-state index in [2.05, 4.69) is 50.5 Å². The van der Waals surface area contributed by atoms with Gasteiger partial charge in [-0.3, -0.25) is 0 Å². The van der Waals surface area contributed by atoms with Crippen molar-refractivity contribution in [2.75, 3.05) is 20.7 Å². The minimum atomic E-state index is 0.329. The monoisotopic (exact) mass is 250 g/mol. The van der Waals surface area contributed by atoms with Gasteiger partial charge in [-0.05, 0) is 37.6 Å². The summed E-state index contributed by atoms with van der Waals surface area (Å²) < 4.78 is 5.41. The van der Waals surface area contributed by atoms with Crippen LogP contribution >= 0.6 is 0 Å². The lowest BCUT2D eigenvalue weighted by Gasteiger charge is -2.21. The zero-order valence-corrected chi connectivity index (χ0v) is 12.4. The first-order valence-electron chi connectivity index (χ1n) is 6.55. The average Bonchev–Trinajstić information content (AvgIpc) is 2.29. The molecule has 1 unspecified atom stereocenters. The van der Waals surface area contributed by atoms with E-state index >= 15 is 0 Å². The van der Waals surface area contributed by atoms with Gasteiger partial charge in [-0.25, -0.2) is 0 Å². The molecule has 1 rings (SSSR count). The van der Waals surface area contributed by atoms with Gasteiger partial charge in [0.25, 0.3) is 0 Å². The first-order valence-corrected chi connectivity index (χ1v) is 6.55. The maximum Gasteiger partial charge on any atom is 0.124 e. The topological polar surface area (TPSA) is 33.3 Å². The third kappa shape index (κ3) is 3.72. The zero-order chi connectivity index (χ0) is 13.7. The second kappa shape index (κ2) is 6.76. The Morgan fingerprint density at radius 1 is 1.17 bits per heavy atom. The van der Waals surface area contributed by atoms with Crippen molar-refractivity contribution in [1.29, 1.82) is 0 Å². The van der Waals surface area contributed by atoms with Gasteiger partial charge in [0, 0.05) is 18.6 Å². The number of benzene rings is 1. The molecule has 18 heavy (non-hydrogen) atoms. The van der Waals surface area contributed by atoms with E-state index in [9.17, 15) is 0 Å². The van der Waals surface area contributed by atoms with Crippen molar-refractivity contribution in [3.05, 3.63) is 28.8 Å². The van der Waals surface area contributed by atoms with E-state index in [-0.39, 0.29) is 0 Å². The summed E-state index contributed by atoms with van der Waals surface area (Å²) in [5.41, 5.74) is 3.69. The van der Waals surface area contributed by atoms with Crippen molar-refractivity contribution in [2.45, 2.75) is 39.8 Å². The molecule has 0 heterocycles. The SMILES string of the molecule is CNC(CNC(C)C)c1cc(C)c(OC)c(C)c1. The fourth-order valence-electron chi connectivity index (χ4n) is 2.25. The van der Waals surface area contributed by atoms with Crippen LogP contribution in [-0.4, -0.2) is 26.7 Å². The molecule has 0 aliphatic heterocycles. The summed E-state index contributed by atoms with van der Waals surface area (Å²) in [4.78, 5) is 0. The highest BCUT2D eigenvalue weighted by Crippen LogP contribution is 2.27. The van der Waals surface area contributed by atoms with Crippen molar-refractivity contribution >= 4 is 0 Å². The minimum Gasteiger partial charge on any atom is -0.496 e.